The molecule has 0 unspecified atom stereocenters. The number of methoxy groups -OCH3 is 2. The molecule has 0 saturated carbocycles. The van der Waals surface area contributed by atoms with E-state index in [2.05, 4.69) is 12.2 Å². The molecule has 2 rings (SSSR count). The highest BCUT2D eigenvalue weighted by atomic mass is 16.5. The molecule has 0 spiro atoms. The predicted octanol–water partition coefficient (Wildman–Crippen LogP) is 3.92. The Labute approximate surface area is 136 Å². The fraction of sp³-hybridized carbons (Fsp3) is 0.211. The molecule has 0 bridgehead atoms. The fourth-order valence-corrected chi connectivity index (χ4v) is 2.14. The molecule has 0 fully saturated rings. The predicted molar refractivity (Wildman–Crippen MR) is 93.0 cm³/mol. The smallest absolute Gasteiger partial charge is 0.248 e. The standard InChI is InChI=1S/C19H21NO3/c1-4-14-5-9-16(10-6-14)20-19(21)12-8-15-7-11-17(22-2)18(13-15)23-3/h5-13H,4H2,1-3H3,(H,20,21). The molecule has 0 heterocycles. The number of nitrogens with one attached hydrogen (secondary N) is 1. The van der Waals surface area contributed by atoms with Crippen LogP contribution in [0.2, 0.25) is 0 Å². The molecule has 4 nitrogen and oxygen atoms in total. The van der Waals surface area contributed by atoms with Crippen molar-refractivity contribution >= 4 is 17.7 Å². The van der Waals surface area contributed by atoms with Crippen LogP contribution in [0.4, 0.5) is 5.69 Å². The first kappa shape index (κ1) is 16.6. The number of hydrogen-bond donors (Lipinski definition) is 1. The van der Waals surface area contributed by atoms with Gasteiger partial charge in [-0.3, -0.25) is 4.79 Å². The summed E-state index contributed by atoms with van der Waals surface area (Å²) in [7, 11) is 3.17. The number of amides is 1. The van der Waals surface area contributed by atoms with Crippen LogP contribution < -0.4 is 14.8 Å². The maximum Gasteiger partial charge on any atom is 0.248 e. The Morgan fingerprint density at radius 1 is 1.04 bits per heavy atom. The van der Waals surface area contributed by atoms with E-state index in [9.17, 15) is 4.79 Å². The van der Waals surface area contributed by atoms with Gasteiger partial charge in [0.1, 0.15) is 0 Å². The number of hydrogen-bond acceptors (Lipinski definition) is 3. The van der Waals surface area contributed by atoms with Crippen LogP contribution in [0.15, 0.2) is 48.5 Å². The first-order valence-corrected chi connectivity index (χ1v) is 7.46. The van der Waals surface area contributed by atoms with Crippen molar-refractivity contribution in [3.05, 3.63) is 59.7 Å². The van der Waals surface area contributed by atoms with Crippen LogP contribution in [0.1, 0.15) is 18.1 Å². The molecular formula is C19H21NO3. The first-order valence-electron chi connectivity index (χ1n) is 7.46. The maximum absolute atomic E-state index is 12.0. The Morgan fingerprint density at radius 2 is 1.74 bits per heavy atom. The molecule has 0 aliphatic carbocycles. The van der Waals surface area contributed by atoms with Gasteiger partial charge in [-0.25, -0.2) is 0 Å². The van der Waals surface area contributed by atoms with Crippen molar-refractivity contribution in [3.8, 4) is 11.5 Å². The topological polar surface area (TPSA) is 47.6 Å². The minimum Gasteiger partial charge on any atom is -0.493 e. The van der Waals surface area contributed by atoms with E-state index >= 15 is 0 Å². The normalized spacial score (nSPS) is 10.6. The van der Waals surface area contributed by atoms with Gasteiger partial charge in [0.15, 0.2) is 11.5 Å². The molecule has 2 aromatic carbocycles. The number of rotatable bonds is 6. The van der Waals surface area contributed by atoms with Crippen LogP contribution in [-0.2, 0) is 11.2 Å². The van der Waals surface area contributed by atoms with Gasteiger partial charge in [0.25, 0.3) is 0 Å². The van der Waals surface area contributed by atoms with E-state index in [1.807, 2.05) is 36.4 Å². The summed E-state index contributed by atoms with van der Waals surface area (Å²) in [5, 5.41) is 2.83. The zero-order valence-corrected chi connectivity index (χ0v) is 13.6. The van der Waals surface area contributed by atoms with E-state index in [4.69, 9.17) is 9.47 Å². The lowest BCUT2D eigenvalue weighted by Crippen LogP contribution is -2.07. The molecular weight excluding hydrogens is 290 g/mol. The van der Waals surface area contributed by atoms with Gasteiger partial charge in [-0.2, -0.15) is 0 Å². The van der Waals surface area contributed by atoms with Gasteiger partial charge >= 0.3 is 0 Å². The highest BCUT2D eigenvalue weighted by Crippen LogP contribution is 2.27. The van der Waals surface area contributed by atoms with Crippen LogP contribution in [0.3, 0.4) is 0 Å². The Hall–Kier alpha value is -2.75. The molecule has 0 saturated heterocycles. The van der Waals surface area contributed by atoms with Gasteiger partial charge in [-0.15, -0.1) is 0 Å². The number of carbonyl (C=O) groups excluding carboxylic acids is 1. The van der Waals surface area contributed by atoms with E-state index in [1.54, 1.807) is 26.4 Å². The number of aryl methyl sites for hydroxylation is 1. The lowest BCUT2D eigenvalue weighted by atomic mass is 10.1. The van der Waals surface area contributed by atoms with Gasteiger partial charge in [0, 0.05) is 11.8 Å². The summed E-state index contributed by atoms with van der Waals surface area (Å²) in [5.41, 5.74) is 2.88. The van der Waals surface area contributed by atoms with E-state index in [0.717, 1.165) is 17.7 Å². The molecule has 4 heteroatoms. The SMILES string of the molecule is CCc1ccc(NC(=O)C=Cc2ccc(OC)c(OC)c2)cc1. The summed E-state index contributed by atoms with van der Waals surface area (Å²) < 4.78 is 10.4. The van der Waals surface area contributed by atoms with Crippen molar-refractivity contribution < 1.29 is 14.3 Å². The van der Waals surface area contributed by atoms with Crippen LogP contribution in [0, 0.1) is 0 Å². The van der Waals surface area contributed by atoms with E-state index in [0.29, 0.717) is 11.5 Å². The Balaban J connectivity index is 2.02. The number of carbonyl (C=O) groups is 1. The monoisotopic (exact) mass is 311 g/mol. The van der Waals surface area contributed by atoms with Gasteiger partial charge in [-0.1, -0.05) is 25.1 Å². The second-order valence-electron chi connectivity index (χ2n) is 4.99. The summed E-state index contributed by atoms with van der Waals surface area (Å²) >= 11 is 0. The van der Waals surface area contributed by atoms with Crippen LogP contribution in [0.5, 0.6) is 11.5 Å². The second-order valence-corrected chi connectivity index (χ2v) is 4.99. The number of anilines is 1. The average molecular weight is 311 g/mol. The summed E-state index contributed by atoms with van der Waals surface area (Å²) in [4.78, 5) is 12.0. The summed E-state index contributed by atoms with van der Waals surface area (Å²) in [6, 6.07) is 13.3. The van der Waals surface area contributed by atoms with Crippen molar-refractivity contribution in [1.29, 1.82) is 0 Å². The summed E-state index contributed by atoms with van der Waals surface area (Å²) in [5.74, 6) is 1.11. The van der Waals surface area contributed by atoms with Gasteiger partial charge < -0.3 is 14.8 Å². The van der Waals surface area contributed by atoms with Crippen molar-refractivity contribution in [2.45, 2.75) is 13.3 Å². The molecule has 1 N–H and O–H groups in total. The molecule has 0 atom stereocenters. The van der Waals surface area contributed by atoms with Crippen LogP contribution >= 0.6 is 0 Å². The average Bonchev–Trinajstić information content (AvgIpc) is 2.60. The highest BCUT2D eigenvalue weighted by Gasteiger charge is 2.03. The highest BCUT2D eigenvalue weighted by molar-refractivity contribution is 6.01. The third-order valence-electron chi connectivity index (χ3n) is 3.46. The fourth-order valence-electron chi connectivity index (χ4n) is 2.14. The molecule has 23 heavy (non-hydrogen) atoms. The minimum atomic E-state index is -0.177. The second kappa shape index (κ2) is 8.03. The molecule has 0 aliphatic heterocycles. The van der Waals surface area contributed by atoms with Gasteiger partial charge in [-0.05, 0) is 47.9 Å². The Kier molecular flexibility index (Phi) is 5.80. The third kappa shape index (κ3) is 4.61. The Morgan fingerprint density at radius 3 is 2.35 bits per heavy atom. The van der Waals surface area contributed by atoms with Crippen molar-refractivity contribution in [2.75, 3.05) is 19.5 Å². The van der Waals surface area contributed by atoms with Crippen molar-refractivity contribution in [2.24, 2.45) is 0 Å². The lowest BCUT2D eigenvalue weighted by molar-refractivity contribution is -0.111. The van der Waals surface area contributed by atoms with Crippen molar-refractivity contribution in [3.63, 3.8) is 0 Å². The third-order valence-corrected chi connectivity index (χ3v) is 3.46. The lowest BCUT2D eigenvalue weighted by Gasteiger charge is -2.07. The van der Waals surface area contributed by atoms with E-state index in [1.165, 1.54) is 11.6 Å². The Bertz CT molecular complexity index is 690. The van der Waals surface area contributed by atoms with Gasteiger partial charge in [0.2, 0.25) is 5.91 Å². The quantitative estimate of drug-likeness (QED) is 0.823. The molecule has 0 radical (unpaired) electrons. The number of benzene rings is 2. The van der Waals surface area contributed by atoms with E-state index in [-0.39, 0.29) is 5.91 Å². The molecule has 0 aliphatic rings. The zero-order chi connectivity index (χ0) is 16.7. The van der Waals surface area contributed by atoms with Crippen LogP contribution in [0.25, 0.3) is 6.08 Å². The zero-order valence-electron chi connectivity index (χ0n) is 13.6. The van der Waals surface area contributed by atoms with Crippen molar-refractivity contribution in [1.82, 2.24) is 0 Å². The minimum absolute atomic E-state index is 0.177. The molecule has 1 amide bonds. The summed E-state index contributed by atoms with van der Waals surface area (Å²) in [6.07, 6.45) is 4.21. The molecule has 0 aromatic heterocycles. The summed E-state index contributed by atoms with van der Waals surface area (Å²) in [6.45, 7) is 2.10. The molecule has 120 valence electrons. The first-order chi connectivity index (χ1) is 11.2. The van der Waals surface area contributed by atoms with Gasteiger partial charge in [0.05, 0.1) is 14.2 Å². The van der Waals surface area contributed by atoms with Crippen LogP contribution in [-0.4, -0.2) is 20.1 Å². The largest absolute Gasteiger partial charge is 0.493 e. The number of ether oxygens (including phenoxy) is 2. The maximum atomic E-state index is 12.0. The molecule has 2 aromatic rings. The van der Waals surface area contributed by atoms with E-state index < -0.39 is 0 Å².